The maximum atomic E-state index is 6.42. The van der Waals surface area contributed by atoms with Gasteiger partial charge in [0, 0.05) is 10.9 Å². The Morgan fingerprint density at radius 2 is 1.82 bits per heavy atom. The first-order valence-corrected chi connectivity index (χ1v) is 7.06. The number of hydrogen-bond donors (Lipinski definition) is 2. The van der Waals surface area contributed by atoms with E-state index in [2.05, 4.69) is 9.97 Å². The van der Waals surface area contributed by atoms with E-state index in [0.29, 0.717) is 22.1 Å². The fourth-order valence-electron chi connectivity index (χ4n) is 2.61. The van der Waals surface area contributed by atoms with Crippen molar-refractivity contribution >= 4 is 34.3 Å². The van der Waals surface area contributed by atoms with E-state index >= 15 is 0 Å². The van der Waals surface area contributed by atoms with Crippen LogP contribution in [-0.4, -0.2) is 17.1 Å². The summed E-state index contributed by atoms with van der Waals surface area (Å²) in [7, 11) is 1.59. The van der Waals surface area contributed by atoms with Crippen LogP contribution in [0.15, 0.2) is 30.3 Å². The van der Waals surface area contributed by atoms with Crippen LogP contribution in [0.4, 0.5) is 11.8 Å². The van der Waals surface area contributed by atoms with Gasteiger partial charge in [-0.05, 0) is 30.2 Å². The average molecular weight is 315 g/mol. The van der Waals surface area contributed by atoms with Crippen molar-refractivity contribution in [2.75, 3.05) is 18.6 Å². The molecule has 0 saturated carbocycles. The van der Waals surface area contributed by atoms with Gasteiger partial charge in [-0.1, -0.05) is 29.8 Å². The number of nitrogens with zero attached hydrogens (tertiary/aromatic N) is 2. The summed E-state index contributed by atoms with van der Waals surface area (Å²) in [6.07, 6.45) is 0. The molecule has 22 heavy (non-hydrogen) atoms. The van der Waals surface area contributed by atoms with Crippen LogP contribution in [0.25, 0.3) is 22.0 Å². The van der Waals surface area contributed by atoms with Crippen LogP contribution in [0, 0.1) is 6.92 Å². The number of ether oxygens (including phenoxy) is 1. The first kappa shape index (κ1) is 14.4. The summed E-state index contributed by atoms with van der Waals surface area (Å²) in [5.74, 6) is 1.15. The highest BCUT2D eigenvalue weighted by molar-refractivity contribution is 6.35. The summed E-state index contributed by atoms with van der Waals surface area (Å²) >= 11 is 6.42. The zero-order chi connectivity index (χ0) is 15.9. The summed E-state index contributed by atoms with van der Waals surface area (Å²) in [6, 6.07) is 9.46. The van der Waals surface area contributed by atoms with E-state index in [4.69, 9.17) is 27.8 Å². The number of nitrogen functional groups attached to an aromatic ring is 2. The molecule has 6 heteroatoms. The molecule has 5 nitrogen and oxygen atoms in total. The van der Waals surface area contributed by atoms with Crippen LogP contribution in [0.2, 0.25) is 5.02 Å². The minimum atomic E-state index is 0.163. The quantitative estimate of drug-likeness (QED) is 0.756. The maximum absolute atomic E-state index is 6.42. The number of fused-ring (bicyclic) bond motifs is 1. The van der Waals surface area contributed by atoms with E-state index < -0.39 is 0 Å². The minimum absolute atomic E-state index is 0.163. The van der Waals surface area contributed by atoms with Crippen molar-refractivity contribution < 1.29 is 4.74 Å². The zero-order valence-electron chi connectivity index (χ0n) is 12.2. The molecule has 0 aliphatic heterocycles. The highest BCUT2D eigenvalue weighted by Crippen LogP contribution is 2.39. The van der Waals surface area contributed by atoms with Gasteiger partial charge in [0.1, 0.15) is 11.6 Å². The number of aromatic nitrogens is 2. The van der Waals surface area contributed by atoms with Gasteiger partial charge in [0.15, 0.2) is 0 Å². The van der Waals surface area contributed by atoms with Crippen LogP contribution < -0.4 is 16.2 Å². The Labute approximate surface area is 132 Å². The molecule has 0 spiro atoms. The van der Waals surface area contributed by atoms with Crippen molar-refractivity contribution in [2.24, 2.45) is 0 Å². The number of benzene rings is 2. The molecule has 0 fully saturated rings. The van der Waals surface area contributed by atoms with Crippen molar-refractivity contribution in [3.63, 3.8) is 0 Å². The molecule has 4 N–H and O–H groups in total. The fraction of sp³-hybridized carbons (Fsp3) is 0.125. The van der Waals surface area contributed by atoms with E-state index in [9.17, 15) is 0 Å². The molecular weight excluding hydrogens is 300 g/mol. The predicted octanol–water partition coefficient (Wildman–Crippen LogP) is 3.43. The number of nitrogens with two attached hydrogens (primary N) is 2. The lowest BCUT2D eigenvalue weighted by molar-refractivity contribution is 0.415. The molecule has 3 aromatic rings. The summed E-state index contributed by atoms with van der Waals surface area (Å²) in [5, 5.41) is 1.34. The van der Waals surface area contributed by atoms with Crippen LogP contribution in [0.5, 0.6) is 5.75 Å². The highest BCUT2D eigenvalue weighted by atomic mass is 35.5. The Morgan fingerprint density at radius 1 is 1.05 bits per heavy atom. The van der Waals surface area contributed by atoms with Gasteiger partial charge in [0.2, 0.25) is 5.95 Å². The SMILES string of the molecule is COc1cccc(-c2ccc3nc(N)nc(N)c3c2C)c1Cl. The van der Waals surface area contributed by atoms with Crippen molar-refractivity contribution in [3.05, 3.63) is 40.9 Å². The minimum Gasteiger partial charge on any atom is -0.495 e. The number of halogens is 1. The standard InChI is InChI=1S/C16H15ClN4O/c1-8-9(10-4-3-5-12(22-2)14(10)17)6-7-11-13(8)15(18)21-16(19)20-11/h3-7H,1-2H3,(H4,18,19,20,21). The Morgan fingerprint density at radius 3 is 2.55 bits per heavy atom. The Bertz CT molecular complexity index is 880. The van der Waals surface area contributed by atoms with Crippen molar-refractivity contribution in [1.82, 2.24) is 9.97 Å². The van der Waals surface area contributed by atoms with Gasteiger partial charge in [-0.25, -0.2) is 4.98 Å². The second-order valence-electron chi connectivity index (χ2n) is 4.92. The first-order valence-electron chi connectivity index (χ1n) is 6.68. The molecule has 2 aromatic carbocycles. The summed E-state index contributed by atoms with van der Waals surface area (Å²) in [6.45, 7) is 1.96. The number of rotatable bonds is 2. The third-order valence-electron chi connectivity index (χ3n) is 3.64. The number of aryl methyl sites for hydroxylation is 1. The summed E-state index contributed by atoms with van der Waals surface area (Å²) in [5.41, 5.74) is 15.1. The lowest BCUT2D eigenvalue weighted by Gasteiger charge is -2.14. The second kappa shape index (κ2) is 5.35. The molecule has 1 aromatic heterocycles. The molecule has 0 unspecified atom stereocenters. The van der Waals surface area contributed by atoms with E-state index in [1.807, 2.05) is 37.3 Å². The second-order valence-corrected chi connectivity index (χ2v) is 5.30. The molecule has 0 saturated heterocycles. The molecule has 112 valence electrons. The lowest BCUT2D eigenvalue weighted by atomic mass is 9.97. The van der Waals surface area contributed by atoms with Crippen molar-refractivity contribution in [3.8, 4) is 16.9 Å². The van der Waals surface area contributed by atoms with E-state index in [1.165, 1.54) is 0 Å². The van der Waals surface area contributed by atoms with Gasteiger partial charge in [0.05, 0.1) is 17.6 Å². The molecule has 3 rings (SSSR count). The molecule has 0 aliphatic rings. The fourth-order valence-corrected chi connectivity index (χ4v) is 2.91. The van der Waals surface area contributed by atoms with Crippen LogP contribution in [0.1, 0.15) is 5.56 Å². The third kappa shape index (κ3) is 2.19. The molecule has 0 amide bonds. The van der Waals surface area contributed by atoms with Gasteiger partial charge in [-0.15, -0.1) is 0 Å². The van der Waals surface area contributed by atoms with E-state index in [0.717, 1.165) is 22.1 Å². The van der Waals surface area contributed by atoms with Crippen LogP contribution in [-0.2, 0) is 0 Å². The van der Waals surface area contributed by atoms with Gasteiger partial charge in [-0.3, -0.25) is 0 Å². The van der Waals surface area contributed by atoms with E-state index in [1.54, 1.807) is 7.11 Å². The largest absolute Gasteiger partial charge is 0.495 e. The topological polar surface area (TPSA) is 87.0 Å². The zero-order valence-corrected chi connectivity index (χ0v) is 13.0. The average Bonchev–Trinajstić information content (AvgIpc) is 2.47. The molecule has 0 bridgehead atoms. The highest BCUT2D eigenvalue weighted by Gasteiger charge is 2.15. The van der Waals surface area contributed by atoms with Crippen molar-refractivity contribution in [1.29, 1.82) is 0 Å². The van der Waals surface area contributed by atoms with Crippen LogP contribution >= 0.6 is 11.6 Å². The summed E-state index contributed by atoms with van der Waals surface area (Å²) < 4.78 is 5.28. The van der Waals surface area contributed by atoms with Gasteiger partial charge < -0.3 is 16.2 Å². The maximum Gasteiger partial charge on any atom is 0.222 e. The lowest BCUT2D eigenvalue weighted by Crippen LogP contribution is -2.02. The molecule has 0 radical (unpaired) electrons. The van der Waals surface area contributed by atoms with Gasteiger partial charge >= 0.3 is 0 Å². The molecule has 0 aliphatic carbocycles. The third-order valence-corrected chi connectivity index (χ3v) is 4.03. The Kier molecular flexibility index (Phi) is 3.50. The molecular formula is C16H15ClN4O. The molecule has 0 atom stereocenters. The number of methoxy groups -OCH3 is 1. The van der Waals surface area contributed by atoms with Crippen molar-refractivity contribution in [2.45, 2.75) is 6.92 Å². The van der Waals surface area contributed by atoms with Gasteiger partial charge in [0.25, 0.3) is 0 Å². The first-order chi connectivity index (χ1) is 10.5. The Balaban J connectivity index is 2.32. The smallest absolute Gasteiger partial charge is 0.222 e. The van der Waals surface area contributed by atoms with Gasteiger partial charge in [-0.2, -0.15) is 4.98 Å². The monoisotopic (exact) mass is 314 g/mol. The van der Waals surface area contributed by atoms with Crippen LogP contribution in [0.3, 0.4) is 0 Å². The predicted molar refractivity (Wildman–Crippen MR) is 90.1 cm³/mol. The molecule has 1 heterocycles. The number of hydrogen-bond acceptors (Lipinski definition) is 5. The van der Waals surface area contributed by atoms with E-state index in [-0.39, 0.29) is 5.95 Å². The number of anilines is 2. The normalized spacial score (nSPS) is 10.9. The summed E-state index contributed by atoms with van der Waals surface area (Å²) in [4.78, 5) is 8.26. The Hall–Kier alpha value is -2.53.